The van der Waals surface area contributed by atoms with Crippen LogP contribution in [0.15, 0.2) is 54.9 Å². The lowest BCUT2D eigenvalue weighted by molar-refractivity contribution is 0.252. The maximum Gasteiger partial charge on any atom is 0.321 e. The van der Waals surface area contributed by atoms with Crippen molar-refractivity contribution in [3.05, 3.63) is 54.9 Å². The fourth-order valence-corrected chi connectivity index (χ4v) is 3.06. The monoisotopic (exact) mass is 388 g/mol. The molecule has 1 aromatic carbocycles. The second-order valence-corrected chi connectivity index (χ2v) is 6.30. The second kappa shape index (κ2) is 7.97. The van der Waals surface area contributed by atoms with Crippen molar-refractivity contribution in [1.29, 1.82) is 0 Å². The van der Waals surface area contributed by atoms with Crippen molar-refractivity contribution >= 4 is 23.0 Å². The van der Waals surface area contributed by atoms with Gasteiger partial charge in [0.25, 0.3) is 0 Å². The predicted molar refractivity (Wildman–Crippen MR) is 112 cm³/mol. The number of ether oxygens (including phenoxy) is 1. The summed E-state index contributed by atoms with van der Waals surface area (Å²) >= 11 is 0. The first-order valence-electron chi connectivity index (χ1n) is 9.18. The third kappa shape index (κ3) is 3.86. The molecule has 0 spiro atoms. The van der Waals surface area contributed by atoms with Gasteiger partial charge in [0.15, 0.2) is 0 Å². The normalized spacial score (nSPS) is 10.7. The van der Waals surface area contributed by atoms with Crippen molar-refractivity contribution in [1.82, 2.24) is 25.3 Å². The number of urea groups is 1. The van der Waals surface area contributed by atoms with Crippen molar-refractivity contribution in [2.45, 2.75) is 6.92 Å². The number of imidazole rings is 1. The number of carbonyl (C=O) groups excluding carboxylic acids is 1. The number of pyridine rings is 2. The highest BCUT2D eigenvalue weighted by Crippen LogP contribution is 2.33. The van der Waals surface area contributed by atoms with E-state index in [1.807, 2.05) is 43.3 Å². The Morgan fingerprint density at radius 1 is 1.14 bits per heavy atom. The van der Waals surface area contributed by atoms with E-state index in [2.05, 4.69) is 30.6 Å². The topological polar surface area (TPSA) is 105 Å². The van der Waals surface area contributed by atoms with Crippen LogP contribution in [0.4, 0.5) is 10.7 Å². The Labute approximate surface area is 167 Å². The molecule has 29 heavy (non-hydrogen) atoms. The summed E-state index contributed by atoms with van der Waals surface area (Å²) in [5.74, 6) is 0.872. The van der Waals surface area contributed by atoms with E-state index in [0.29, 0.717) is 23.9 Å². The molecule has 8 nitrogen and oxygen atoms in total. The number of amides is 2. The van der Waals surface area contributed by atoms with E-state index in [1.54, 1.807) is 25.6 Å². The Hall–Kier alpha value is -3.94. The number of H-pyrrole nitrogens is 1. The largest absolute Gasteiger partial charge is 0.481 e. The molecule has 0 saturated carbocycles. The summed E-state index contributed by atoms with van der Waals surface area (Å²) in [6.45, 7) is 2.38. The lowest BCUT2D eigenvalue weighted by Crippen LogP contribution is -2.28. The molecule has 0 fully saturated rings. The first kappa shape index (κ1) is 18.4. The van der Waals surface area contributed by atoms with Gasteiger partial charge in [-0.05, 0) is 36.8 Å². The zero-order valence-corrected chi connectivity index (χ0v) is 16.1. The van der Waals surface area contributed by atoms with Gasteiger partial charge in [-0.25, -0.2) is 14.8 Å². The zero-order chi connectivity index (χ0) is 20.2. The molecule has 2 amide bonds. The van der Waals surface area contributed by atoms with Crippen LogP contribution in [0.3, 0.4) is 0 Å². The molecule has 0 aliphatic rings. The van der Waals surface area contributed by atoms with Crippen LogP contribution in [0.1, 0.15) is 6.92 Å². The molecule has 0 atom stereocenters. The van der Waals surface area contributed by atoms with E-state index in [1.165, 1.54) is 0 Å². The average Bonchev–Trinajstić information content (AvgIpc) is 3.16. The number of benzene rings is 1. The minimum atomic E-state index is -0.319. The van der Waals surface area contributed by atoms with Crippen LogP contribution < -0.4 is 15.4 Å². The molecule has 4 rings (SSSR count). The molecule has 3 aromatic heterocycles. The summed E-state index contributed by atoms with van der Waals surface area (Å²) in [7, 11) is 1.58. The van der Waals surface area contributed by atoms with Gasteiger partial charge in [-0.2, -0.15) is 0 Å². The van der Waals surface area contributed by atoms with Crippen LogP contribution >= 0.6 is 0 Å². The fraction of sp³-hybridized carbons (Fsp3) is 0.143. The first-order valence-corrected chi connectivity index (χ1v) is 9.18. The number of anilines is 1. The maximum atomic E-state index is 11.9. The van der Waals surface area contributed by atoms with Gasteiger partial charge in [-0.3, -0.25) is 10.3 Å². The van der Waals surface area contributed by atoms with E-state index < -0.39 is 0 Å². The molecular weight excluding hydrogens is 368 g/mol. The number of nitrogens with one attached hydrogen (secondary N) is 3. The highest BCUT2D eigenvalue weighted by Gasteiger charge is 2.15. The molecule has 146 valence electrons. The summed E-state index contributed by atoms with van der Waals surface area (Å²) in [6.07, 6.45) is 3.53. The Balaban J connectivity index is 1.88. The van der Waals surface area contributed by atoms with Crippen molar-refractivity contribution in [2.24, 2.45) is 0 Å². The lowest BCUT2D eigenvalue weighted by atomic mass is 10.0. The van der Waals surface area contributed by atoms with Crippen LogP contribution in [-0.2, 0) is 0 Å². The van der Waals surface area contributed by atoms with Crippen molar-refractivity contribution in [2.75, 3.05) is 19.0 Å². The number of hydrogen-bond donors (Lipinski definition) is 3. The van der Waals surface area contributed by atoms with Crippen LogP contribution in [0.5, 0.6) is 5.88 Å². The fourth-order valence-electron chi connectivity index (χ4n) is 3.06. The SMILES string of the molecule is CCNC(=O)Nc1nc2c(-c3cccc(OC)n3)cc(-c3cccnc3)cc2[nH]1. The molecule has 0 radical (unpaired) electrons. The van der Waals surface area contributed by atoms with Gasteiger partial charge in [0, 0.05) is 36.1 Å². The van der Waals surface area contributed by atoms with Gasteiger partial charge >= 0.3 is 6.03 Å². The number of carbonyl (C=O) groups is 1. The maximum absolute atomic E-state index is 11.9. The van der Waals surface area contributed by atoms with Crippen LogP contribution in [-0.4, -0.2) is 39.6 Å². The van der Waals surface area contributed by atoms with E-state index in [-0.39, 0.29) is 6.03 Å². The molecule has 3 N–H and O–H groups in total. The highest BCUT2D eigenvalue weighted by atomic mass is 16.5. The van der Waals surface area contributed by atoms with Crippen molar-refractivity contribution < 1.29 is 9.53 Å². The molecule has 0 aliphatic carbocycles. The summed E-state index contributed by atoms with van der Waals surface area (Å²) in [4.78, 5) is 28.4. The van der Waals surface area contributed by atoms with E-state index in [9.17, 15) is 4.79 Å². The average molecular weight is 388 g/mol. The molecule has 3 heterocycles. The summed E-state index contributed by atoms with van der Waals surface area (Å²) in [5.41, 5.74) is 4.93. The van der Waals surface area contributed by atoms with Crippen molar-refractivity contribution in [3.63, 3.8) is 0 Å². The quantitative estimate of drug-likeness (QED) is 0.482. The minimum absolute atomic E-state index is 0.319. The van der Waals surface area contributed by atoms with Crippen LogP contribution in [0.2, 0.25) is 0 Å². The van der Waals surface area contributed by atoms with Gasteiger partial charge in [0.2, 0.25) is 11.8 Å². The molecule has 0 saturated heterocycles. The van der Waals surface area contributed by atoms with Gasteiger partial charge in [-0.15, -0.1) is 0 Å². The molecule has 0 unspecified atom stereocenters. The third-order valence-corrected chi connectivity index (χ3v) is 4.36. The third-order valence-electron chi connectivity index (χ3n) is 4.36. The van der Waals surface area contributed by atoms with E-state index >= 15 is 0 Å². The first-order chi connectivity index (χ1) is 14.2. The van der Waals surface area contributed by atoms with E-state index in [0.717, 1.165) is 27.9 Å². The van der Waals surface area contributed by atoms with Gasteiger partial charge < -0.3 is 15.0 Å². The number of fused-ring (bicyclic) bond motifs is 1. The Morgan fingerprint density at radius 2 is 2.03 bits per heavy atom. The van der Waals surface area contributed by atoms with E-state index in [4.69, 9.17) is 4.74 Å². The minimum Gasteiger partial charge on any atom is -0.481 e. The second-order valence-electron chi connectivity index (χ2n) is 6.30. The Kier molecular flexibility index (Phi) is 5.07. The Morgan fingerprint density at radius 3 is 2.79 bits per heavy atom. The molecule has 4 aromatic rings. The van der Waals surface area contributed by atoms with Gasteiger partial charge in [0.1, 0.15) is 0 Å². The van der Waals surface area contributed by atoms with Crippen LogP contribution in [0.25, 0.3) is 33.4 Å². The summed E-state index contributed by atoms with van der Waals surface area (Å²) < 4.78 is 5.27. The lowest BCUT2D eigenvalue weighted by Gasteiger charge is -2.08. The number of hydrogen-bond acceptors (Lipinski definition) is 5. The highest BCUT2D eigenvalue weighted by molar-refractivity contribution is 5.98. The zero-order valence-electron chi connectivity index (χ0n) is 16.1. The standard InChI is InChI=1S/C21H20N6O2/c1-3-23-21(28)27-20-25-17-11-14(13-6-5-9-22-12-13)10-15(19(17)26-20)16-7-4-8-18(24-16)29-2/h4-12H,3H2,1-2H3,(H3,23,25,26,27,28). The van der Waals surface area contributed by atoms with Crippen LogP contribution in [0, 0.1) is 0 Å². The van der Waals surface area contributed by atoms with Gasteiger partial charge in [0.05, 0.1) is 23.8 Å². The number of aromatic amines is 1. The van der Waals surface area contributed by atoms with Crippen molar-refractivity contribution in [3.8, 4) is 28.3 Å². The molecule has 0 bridgehead atoms. The number of methoxy groups -OCH3 is 1. The number of rotatable bonds is 5. The summed E-state index contributed by atoms with van der Waals surface area (Å²) in [6, 6.07) is 13.1. The number of aromatic nitrogens is 4. The Bertz CT molecular complexity index is 1160. The molecule has 0 aliphatic heterocycles. The molecular formula is C21H20N6O2. The van der Waals surface area contributed by atoms with Gasteiger partial charge in [-0.1, -0.05) is 12.1 Å². The smallest absolute Gasteiger partial charge is 0.321 e. The predicted octanol–water partition coefficient (Wildman–Crippen LogP) is 3.84. The summed E-state index contributed by atoms with van der Waals surface area (Å²) in [5, 5.41) is 5.41. The molecule has 8 heteroatoms. The number of nitrogens with zero attached hydrogens (tertiary/aromatic N) is 3.